The van der Waals surface area contributed by atoms with Crippen molar-refractivity contribution in [1.82, 2.24) is 15.7 Å². The Morgan fingerprint density at radius 1 is 1.56 bits per heavy atom. The maximum absolute atomic E-state index is 3.97. The minimum atomic E-state index is 1.62. The summed E-state index contributed by atoms with van der Waals surface area (Å²) in [5, 5.41) is 7.42. The predicted octanol–water partition coefficient (Wildman–Crippen LogP) is -0.217. The van der Waals surface area contributed by atoms with Crippen molar-refractivity contribution in [2.24, 2.45) is 5.10 Å². The second-order valence-corrected chi connectivity index (χ2v) is 1.89. The Labute approximate surface area is 54.4 Å². The summed E-state index contributed by atoms with van der Waals surface area (Å²) in [6.45, 7) is 0. The summed E-state index contributed by atoms with van der Waals surface area (Å²) in [6, 6.07) is 0. The SMILES string of the molecule is CN(C)N1N=CC=CN1. The van der Waals surface area contributed by atoms with Crippen LogP contribution in [0.15, 0.2) is 17.4 Å². The molecule has 1 N–H and O–H groups in total. The fraction of sp³-hybridized carbons (Fsp3) is 0.400. The largest absolute Gasteiger partial charge is 0.274 e. The van der Waals surface area contributed by atoms with Crippen molar-refractivity contribution in [3.05, 3.63) is 12.3 Å². The van der Waals surface area contributed by atoms with Gasteiger partial charge in [-0.25, -0.2) is 0 Å². The molecule has 9 heavy (non-hydrogen) atoms. The predicted molar refractivity (Wildman–Crippen MR) is 36.3 cm³/mol. The first-order valence-electron chi connectivity index (χ1n) is 2.73. The Morgan fingerprint density at radius 2 is 2.33 bits per heavy atom. The lowest BCUT2D eigenvalue weighted by Crippen LogP contribution is -2.41. The summed E-state index contributed by atoms with van der Waals surface area (Å²) >= 11 is 0. The molecule has 4 heteroatoms. The number of nitrogens with one attached hydrogen (secondary N) is 1. The molecule has 0 aromatic heterocycles. The van der Waals surface area contributed by atoms with Crippen LogP contribution in [0.4, 0.5) is 0 Å². The molecule has 0 spiro atoms. The van der Waals surface area contributed by atoms with E-state index in [1.807, 2.05) is 31.4 Å². The molecule has 1 aliphatic heterocycles. The second-order valence-electron chi connectivity index (χ2n) is 1.89. The number of rotatable bonds is 1. The summed E-state index contributed by atoms with van der Waals surface area (Å²) in [5.74, 6) is 0. The fourth-order valence-corrected chi connectivity index (χ4v) is 0.506. The molecular weight excluding hydrogens is 116 g/mol. The average Bonchev–Trinajstić information content (AvgIpc) is 1.90. The summed E-state index contributed by atoms with van der Waals surface area (Å²) in [6.07, 6.45) is 5.36. The number of hydrogen-bond acceptors (Lipinski definition) is 4. The normalized spacial score (nSPS) is 16.6. The van der Waals surface area contributed by atoms with Crippen LogP contribution in [0.1, 0.15) is 0 Å². The molecule has 4 nitrogen and oxygen atoms in total. The van der Waals surface area contributed by atoms with Crippen molar-refractivity contribution in [1.29, 1.82) is 0 Å². The van der Waals surface area contributed by atoms with Crippen LogP contribution in [0.25, 0.3) is 0 Å². The highest BCUT2D eigenvalue weighted by atomic mass is 15.9. The third kappa shape index (κ3) is 1.43. The molecule has 0 radical (unpaired) electrons. The van der Waals surface area contributed by atoms with Crippen LogP contribution in [0.2, 0.25) is 0 Å². The monoisotopic (exact) mass is 126 g/mol. The molecule has 0 aromatic rings. The molecule has 0 amide bonds. The minimum Gasteiger partial charge on any atom is -0.274 e. The van der Waals surface area contributed by atoms with E-state index in [2.05, 4.69) is 10.5 Å². The molecule has 1 aliphatic rings. The van der Waals surface area contributed by atoms with Gasteiger partial charge in [0.1, 0.15) is 0 Å². The Kier molecular flexibility index (Phi) is 1.69. The highest BCUT2D eigenvalue weighted by Crippen LogP contribution is 1.89. The minimum absolute atomic E-state index is 1.62. The van der Waals surface area contributed by atoms with Gasteiger partial charge in [0, 0.05) is 20.3 Å². The van der Waals surface area contributed by atoms with E-state index < -0.39 is 0 Å². The van der Waals surface area contributed by atoms with Crippen molar-refractivity contribution in [2.75, 3.05) is 14.1 Å². The van der Waals surface area contributed by atoms with Gasteiger partial charge in [-0.3, -0.25) is 5.43 Å². The summed E-state index contributed by atoms with van der Waals surface area (Å²) in [5.41, 5.74) is 2.90. The second kappa shape index (κ2) is 2.50. The van der Waals surface area contributed by atoms with Crippen LogP contribution in [-0.2, 0) is 0 Å². The third-order valence-corrected chi connectivity index (χ3v) is 0.927. The van der Waals surface area contributed by atoms with Crippen molar-refractivity contribution >= 4 is 6.21 Å². The molecule has 0 saturated heterocycles. The van der Waals surface area contributed by atoms with E-state index in [1.54, 1.807) is 11.4 Å². The van der Waals surface area contributed by atoms with Gasteiger partial charge in [-0.2, -0.15) is 5.01 Å². The molecule has 1 heterocycles. The van der Waals surface area contributed by atoms with E-state index in [9.17, 15) is 0 Å². The molecule has 0 bridgehead atoms. The topological polar surface area (TPSA) is 30.9 Å². The maximum Gasteiger partial charge on any atom is 0.0522 e. The zero-order valence-electron chi connectivity index (χ0n) is 5.57. The van der Waals surface area contributed by atoms with E-state index >= 15 is 0 Å². The van der Waals surface area contributed by atoms with Gasteiger partial charge >= 0.3 is 0 Å². The lowest BCUT2D eigenvalue weighted by molar-refractivity contribution is -0.0100. The molecule has 1 rings (SSSR count). The fourth-order valence-electron chi connectivity index (χ4n) is 0.506. The average molecular weight is 126 g/mol. The molecule has 0 saturated carbocycles. The van der Waals surface area contributed by atoms with Crippen LogP contribution in [-0.4, -0.2) is 30.5 Å². The summed E-state index contributed by atoms with van der Waals surface area (Å²) < 4.78 is 0. The number of allylic oxidation sites excluding steroid dienone is 1. The smallest absolute Gasteiger partial charge is 0.0522 e. The molecule has 0 fully saturated rings. The van der Waals surface area contributed by atoms with Gasteiger partial charge in [0.05, 0.1) is 6.21 Å². The van der Waals surface area contributed by atoms with Crippen LogP contribution in [0.3, 0.4) is 0 Å². The highest BCUT2D eigenvalue weighted by molar-refractivity contribution is 5.70. The highest BCUT2D eigenvalue weighted by Gasteiger charge is 1.99. The molecule has 0 aliphatic carbocycles. The van der Waals surface area contributed by atoms with Gasteiger partial charge in [-0.1, -0.05) is 0 Å². The number of hydrogen-bond donors (Lipinski definition) is 1. The first-order valence-corrected chi connectivity index (χ1v) is 2.73. The van der Waals surface area contributed by atoms with E-state index in [1.165, 1.54) is 0 Å². The summed E-state index contributed by atoms with van der Waals surface area (Å²) in [7, 11) is 3.81. The zero-order valence-corrected chi connectivity index (χ0v) is 5.57. The maximum atomic E-state index is 3.97. The molecular formula is C5H10N4. The first-order chi connectivity index (χ1) is 4.30. The van der Waals surface area contributed by atoms with Gasteiger partial charge < -0.3 is 0 Å². The number of nitrogens with zero attached hydrogens (tertiary/aromatic N) is 3. The van der Waals surface area contributed by atoms with E-state index in [-0.39, 0.29) is 0 Å². The van der Waals surface area contributed by atoms with Crippen LogP contribution < -0.4 is 5.43 Å². The Morgan fingerprint density at radius 3 is 2.67 bits per heavy atom. The summed E-state index contributed by atoms with van der Waals surface area (Å²) in [4.78, 5) is 0. The van der Waals surface area contributed by atoms with Gasteiger partial charge in [-0.15, -0.1) is 10.3 Å². The number of hydrazine groups is 2. The van der Waals surface area contributed by atoms with Crippen molar-refractivity contribution < 1.29 is 0 Å². The Balaban J connectivity index is 2.46. The molecule has 0 aromatic carbocycles. The van der Waals surface area contributed by atoms with Crippen LogP contribution in [0, 0.1) is 0 Å². The van der Waals surface area contributed by atoms with E-state index in [4.69, 9.17) is 0 Å². The van der Waals surface area contributed by atoms with E-state index in [0.717, 1.165) is 0 Å². The van der Waals surface area contributed by atoms with Crippen molar-refractivity contribution in [3.8, 4) is 0 Å². The lowest BCUT2D eigenvalue weighted by atomic mass is 10.7. The van der Waals surface area contributed by atoms with Crippen LogP contribution in [0.5, 0.6) is 0 Å². The standard InChI is InChI=1S/C5H10N4/c1-8(2)9-6-4-3-5-7-9/h3-6H,1-2H3. The van der Waals surface area contributed by atoms with Crippen molar-refractivity contribution in [3.63, 3.8) is 0 Å². The van der Waals surface area contributed by atoms with Gasteiger partial charge in [-0.05, 0) is 6.08 Å². The Bertz CT molecular complexity index is 138. The number of hydrazone groups is 1. The van der Waals surface area contributed by atoms with Crippen molar-refractivity contribution in [2.45, 2.75) is 0 Å². The van der Waals surface area contributed by atoms with Gasteiger partial charge in [0.15, 0.2) is 0 Å². The molecule has 0 unspecified atom stereocenters. The zero-order chi connectivity index (χ0) is 6.69. The van der Waals surface area contributed by atoms with Gasteiger partial charge in [0.25, 0.3) is 0 Å². The van der Waals surface area contributed by atoms with Crippen LogP contribution >= 0.6 is 0 Å². The quantitative estimate of drug-likeness (QED) is 0.527. The lowest BCUT2D eigenvalue weighted by Gasteiger charge is -2.25. The molecule has 50 valence electrons. The van der Waals surface area contributed by atoms with Gasteiger partial charge in [0.2, 0.25) is 0 Å². The Hall–Kier alpha value is -1.03. The first kappa shape index (κ1) is 6.10. The molecule has 0 atom stereocenters. The van der Waals surface area contributed by atoms with E-state index in [0.29, 0.717) is 0 Å². The third-order valence-electron chi connectivity index (χ3n) is 0.927.